The SMILES string of the molecule is CCCCC#Cc1c[nH]c(=O)[nH]c1=O.O=c1[nH]cc(C=CBr)c(=O)[nH]1. The molecule has 2 aromatic rings. The molecule has 0 saturated heterocycles. The van der Waals surface area contributed by atoms with E-state index < -0.39 is 22.5 Å². The van der Waals surface area contributed by atoms with Crippen molar-refractivity contribution in [3.63, 3.8) is 0 Å². The minimum absolute atomic E-state index is 0.306. The summed E-state index contributed by atoms with van der Waals surface area (Å²) >= 11 is 3.01. The molecule has 0 atom stereocenters. The van der Waals surface area contributed by atoms with Crippen LogP contribution in [0.5, 0.6) is 0 Å². The topological polar surface area (TPSA) is 131 Å². The molecule has 0 aromatic carbocycles. The van der Waals surface area contributed by atoms with Crippen molar-refractivity contribution in [2.75, 3.05) is 0 Å². The zero-order valence-corrected chi connectivity index (χ0v) is 15.0. The Morgan fingerprint density at radius 2 is 1.68 bits per heavy atom. The van der Waals surface area contributed by atoms with Gasteiger partial charge < -0.3 is 9.97 Å². The molecule has 9 heteroatoms. The number of halogens is 1. The van der Waals surface area contributed by atoms with Gasteiger partial charge in [-0.05, 0) is 17.5 Å². The molecule has 25 heavy (non-hydrogen) atoms. The largest absolute Gasteiger partial charge is 0.325 e. The highest BCUT2D eigenvalue weighted by Gasteiger charge is 1.94. The predicted octanol–water partition coefficient (Wildman–Crippen LogP) is 1.03. The first-order valence-electron chi connectivity index (χ1n) is 7.37. The smallest absolute Gasteiger partial charge is 0.314 e. The molecule has 0 spiro atoms. The van der Waals surface area contributed by atoms with E-state index in [0.717, 1.165) is 19.3 Å². The zero-order chi connectivity index (χ0) is 18.7. The van der Waals surface area contributed by atoms with Crippen LogP contribution in [0.4, 0.5) is 0 Å². The fraction of sp³-hybridized carbons (Fsp3) is 0.250. The Morgan fingerprint density at radius 3 is 2.24 bits per heavy atom. The first kappa shape index (κ1) is 20.2. The van der Waals surface area contributed by atoms with Gasteiger partial charge in [-0.2, -0.15) is 0 Å². The van der Waals surface area contributed by atoms with E-state index in [9.17, 15) is 19.2 Å². The average Bonchev–Trinajstić information content (AvgIpc) is 2.57. The number of aromatic amines is 4. The monoisotopic (exact) mass is 408 g/mol. The van der Waals surface area contributed by atoms with Crippen LogP contribution in [0, 0.1) is 11.8 Å². The highest BCUT2D eigenvalue weighted by molar-refractivity contribution is 9.11. The lowest BCUT2D eigenvalue weighted by molar-refractivity contribution is 0.828. The van der Waals surface area contributed by atoms with E-state index in [1.54, 1.807) is 0 Å². The van der Waals surface area contributed by atoms with Gasteiger partial charge in [-0.15, -0.1) is 0 Å². The normalized spacial score (nSPS) is 9.84. The summed E-state index contributed by atoms with van der Waals surface area (Å²) < 4.78 is 0. The Kier molecular flexibility index (Phi) is 8.74. The van der Waals surface area contributed by atoms with E-state index >= 15 is 0 Å². The maximum Gasteiger partial charge on any atom is 0.325 e. The number of hydrogen-bond acceptors (Lipinski definition) is 4. The molecule has 0 aliphatic heterocycles. The van der Waals surface area contributed by atoms with Gasteiger partial charge in [0.15, 0.2) is 0 Å². The molecule has 0 fully saturated rings. The van der Waals surface area contributed by atoms with Gasteiger partial charge in [0.2, 0.25) is 0 Å². The molecular formula is C16H17BrN4O4. The molecule has 0 saturated carbocycles. The summed E-state index contributed by atoms with van der Waals surface area (Å²) in [5.41, 5.74) is -1.12. The van der Waals surface area contributed by atoms with Crippen molar-refractivity contribution in [2.24, 2.45) is 0 Å². The van der Waals surface area contributed by atoms with Crippen molar-refractivity contribution in [2.45, 2.75) is 26.2 Å². The molecule has 0 aliphatic carbocycles. The predicted molar refractivity (Wildman–Crippen MR) is 99.7 cm³/mol. The fourth-order valence-electron chi connectivity index (χ4n) is 1.54. The Balaban J connectivity index is 0.000000257. The summed E-state index contributed by atoms with van der Waals surface area (Å²) in [4.78, 5) is 53.6. The molecule has 2 rings (SSSR count). The van der Waals surface area contributed by atoms with Gasteiger partial charge in [-0.1, -0.05) is 41.1 Å². The van der Waals surface area contributed by atoms with Gasteiger partial charge in [0.1, 0.15) is 5.56 Å². The number of rotatable bonds is 3. The van der Waals surface area contributed by atoms with Crippen molar-refractivity contribution >= 4 is 22.0 Å². The molecule has 132 valence electrons. The van der Waals surface area contributed by atoms with E-state index in [4.69, 9.17) is 0 Å². The minimum Gasteiger partial charge on any atom is -0.314 e. The van der Waals surface area contributed by atoms with Crippen molar-refractivity contribution in [3.8, 4) is 11.8 Å². The third-order valence-electron chi connectivity index (χ3n) is 2.79. The number of aromatic nitrogens is 4. The molecule has 4 N–H and O–H groups in total. The molecule has 0 aliphatic rings. The highest BCUT2D eigenvalue weighted by atomic mass is 79.9. The standard InChI is InChI=1S/C10H12N2O2.C6H5BrN2O2/c1-2-3-4-5-6-8-7-11-10(14)12-9(8)13;7-2-1-4-3-8-6(11)9-5(4)10/h7H,2-4H2,1H3,(H2,11,12,13,14);1-3H,(H2,8,9,10,11). The zero-order valence-electron chi connectivity index (χ0n) is 13.4. The Morgan fingerprint density at radius 1 is 1.04 bits per heavy atom. The quantitative estimate of drug-likeness (QED) is 0.446. The molecular weight excluding hydrogens is 392 g/mol. The molecule has 0 radical (unpaired) electrons. The van der Waals surface area contributed by atoms with Crippen LogP contribution in [0.25, 0.3) is 6.08 Å². The number of H-pyrrole nitrogens is 4. The summed E-state index contributed by atoms with van der Waals surface area (Å²) in [5, 5.41) is 0. The van der Waals surface area contributed by atoms with Gasteiger partial charge in [0.05, 0.1) is 5.56 Å². The van der Waals surface area contributed by atoms with E-state index in [-0.39, 0.29) is 0 Å². The maximum atomic E-state index is 11.1. The Labute approximate surface area is 150 Å². The van der Waals surface area contributed by atoms with Crippen molar-refractivity contribution in [3.05, 3.63) is 70.2 Å². The van der Waals surface area contributed by atoms with Crippen LogP contribution in [0.1, 0.15) is 37.3 Å². The average molecular weight is 409 g/mol. The van der Waals surface area contributed by atoms with Crippen molar-refractivity contribution < 1.29 is 0 Å². The summed E-state index contributed by atoms with van der Waals surface area (Å²) in [7, 11) is 0. The number of unbranched alkanes of at least 4 members (excludes halogenated alkanes) is 2. The van der Waals surface area contributed by atoms with E-state index in [0.29, 0.717) is 11.1 Å². The highest BCUT2D eigenvalue weighted by Crippen LogP contribution is 1.92. The maximum absolute atomic E-state index is 11.1. The molecule has 0 unspecified atom stereocenters. The van der Waals surface area contributed by atoms with E-state index in [2.05, 4.69) is 54.6 Å². The lowest BCUT2D eigenvalue weighted by Crippen LogP contribution is -2.23. The molecule has 2 aromatic heterocycles. The molecule has 8 nitrogen and oxygen atoms in total. The summed E-state index contributed by atoms with van der Waals surface area (Å²) in [6.45, 7) is 2.08. The van der Waals surface area contributed by atoms with Gasteiger partial charge in [0, 0.05) is 18.8 Å². The Hall–Kier alpha value is -2.86. The fourth-order valence-corrected chi connectivity index (χ4v) is 1.82. The van der Waals surface area contributed by atoms with Gasteiger partial charge in [0.25, 0.3) is 11.1 Å². The molecule has 2 heterocycles. The second-order valence-corrected chi connectivity index (χ2v) is 5.24. The molecule has 0 amide bonds. The first-order chi connectivity index (χ1) is 12.0. The van der Waals surface area contributed by atoms with Gasteiger partial charge >= 0.3 is 11.4 Å². The van der Waals surface area contributed by atoms with Crippen LogP contribution < -0.4 is 22.5 Å². The van der Waals surface area contributed by atoms with Crippen LogP contribution in [0.15, 0.2) is 36.6 Å². The lowest BCUT2D eigenvalue weighted by atomic mass is 10.2. The van der Waals surface area contributed by atoms with Crippen LogP contribution in [0.2, 0.25) is 0 Å². The van der Waals surface area contributed by atoms with Crippen molar-refractivity contribution in [1.82, 2.24) is 19.9 Å². The third-order valence-corrected chi connectivity index (χ3v) is 3.05. The van der Waals surface area contributed by atoms with Crippen LogP contribution >= 0.6 is 15.9 Å². The summed E-state index contributed by atoms with van der Waals surface area (Å²) in [5.74, 6) is 5.58. The van der Waals surface area contributed by atoms with Gasteiger partial charge in [-0.3, -0.25) is 19.6 Å². The minimum atomic E-state index is -0.505. The van der Waals surface area contributed by atoms with Crippen LogP contribution in [-0.2, 0) is 0 Å². The van der Waals surface area contributed by atoms with Crippen LogP contribution in [0.3, 0.4) is 0 Å². The van der Waals surface area contributed by atoms with Crippen LogP contribution in [-0.4, -0.2) is 19.9 Å². The second-order valence-electron chi connectivity index (χ2n) is 4.71. The van der Waals surface area contributed by atoms with Gasteiger partial charge in [-0.25, -0.2) is 9.59 Å². The summed E-state index contributed by atoms with van der Waals surface area (Å²) in [6.07, 6.45) is 7.09. The number of nitrogens with one attached hydrogen (secondary N) is 4. The Bertz CT molecular complexity index is 1000. The lowest BCUT2D eigenvalue weighted by Gasteiger charge is -1.87. The first-order valence-corrected chi connectivity index (χ1v) is 8.29. The van der Waals surface area contributed by atoms with E-state index in [1.165, 1.54) is 23.5 Å². The summed E-state index contributed by atoms with van der Waals surface area (Å²) in [6, 6.07) is 0. The molecule has 0 bridgehead atoms. The third kappa shape index (κ3) is 7.50. The van der Waals surface area contributed by atoms with Crippen molar-refractivity contribution in [1.29, 1.82) is 0 Å². The van der Waals surface area contributed by atoms with E-state index in [1.807, 2.05) is 0 Å². The second kappa shape index (κ2) is 10.8. The number of hydrogen-bond donors (Lipinski definition) is 4.